The minimum Gasteiger partial charge on any atom is -0.473 e. The molecule has 0 aromatic carbocycles. The average molecular weight is 248 g/mol. The lowest BCUT2D eigenvalue weighted by Gasteiger charge is -2.23. The summed E-state index contributed by atoms with van der Waals surface area (Å²) in [5.74, 6) is 1.54. The number of aromatic nitrogens is 1. The third kappa shape index (κ3) is 3.90. The summed E-state index contributed by atoms with van der Waals surface area (Å²) in [6, 6.07) is 4.00. The second kappa shape index (κ2) is 6.62. The van der Waals surface area contributed by atoms with Gasteiger partial charge in [-0.25, -0.2) is 4.98 Å². The van der Waals surface area contributed by atoms with Crippen LogP contribution in [0.5, 0.6) is 5.88 Å². The molecule has 1 heterocycles. The Balaban J connectivity index is 1.91. The predicted octanol–water partition coefficient (Wildman–Crippen LogP) is 3.86. The van der Waals surface area contributed by atoms with Crippen LogP contribution in [0.2, 0.25) is 0 Å². The van der Waals surface area contributed by atoms with Crippen molar-refractivity contribution in [2.45, 2.75) is 52.1 Å². The fourth-order valence-electron chi connectivity index (χ4n) is 2.49. The van der Waals surface area contributed by atoms with Crippen molar-refractivity contribution in [3.05, 3.63) is 18.3 Å². The summed E-state index contributed by atoms with van der Waals surface area (Å²) in [5.41, 5.74) is 1.02. The summed E-state index contributed by atoms with van der Waals surface area (Å²) in [5, 5.41) is 3.50. The molecule has 0 unspecified atom stereocenters. The van der Waals surface area contributed by atoms with Crippen molar-refractivity contribution in [2.24, 2.45) is 5.92 Å². The first-order valence-electron chi connectivity index (χ1n) is 7.11. The molecule has 1 fully saturated rings. The molecule has 0 atom stereocenters. The van der Waals surface area contributed by atoms with Gasteiger partial charge >= 0.3 is 0 Å². The molecule has 1 aliphatic carbocycles. The topological polar surface area (TPSA) is 34.1 Å². The molecule has 1 aliphatic rings. The van der Waals surface area contributed by atoms with Crippen molar-refractivity contribution in [3.8, 4) is 5.88 Å². The fraction of sp³-hybridized carbons (Fsp3) is 0.667. The van der Waals surface area contributed by atoms with E-state index >= 15 is 0 Å². The van der Waals surface area contributed by atoms with E-state index in [-0.39, 0.29) is 6.10 Å². The van der Waals surface area contributed by atoms with Crippen molar-refractivity contribution in [1.82, 2.24) is 4.98 Å². The molecule has 100 valence electrons. The summed E-state index contributed by atoms with van der Waals surface area (Å²) >= 11 is 0. The molecule has 3 heteroatoms. The molecular formula is C15H24N2O. The van der Waals surface area contributed by atoms with Crippen LogP contribution in [0, 0.1) is 5.92 Å². The summed E-state index contributed by atoms with van der Waals surface area (Å²) in [7, 11) is 0. The molecule has 0 amide bonds. The molecular weight excluding hydrogens is 224 g/mol. The van der Waals surface area contributed by atoms with Gasteiger partial charge in [0.2, 0.25) is 5.88 Å². The lowest BCUT2D eigenvalue weighted by Crippen LogP contribution is -2.18. The highest BCUT2D eigenvalue weighted by molar-refractivity contribution is 5.52. The summed E-state index contributed by atoms with van der Waals surface area (Å²) in [6.45, 7) is 5.10. The van der Waals surface area contributed by atoms with Crippen LogP contribution in [-0.4, -0.2) is 17.6 Å². The van der Waals surface area contributed by atoms with Gasteiger partial charge in [-0.2, -0.15) is 0 Å². The predicted molar refractivity (Wildman–Crippen MR) is 75.1 cm³/mol. The van der Waals surface area contributed by atoms with Gasteiger partial charge in [-0.05, 0) is 44.7 Å². The Labute approximate surface area is 110 Å². The number of ether oxygens (including phenoxy) is 1. The fourth-order valence-corrected chi connectivity index (χ4v) is 2.49. The van der Waals surface area contributed by atoms with Crippen LogP contribution in [0.25, 0.3) is 0 Å². The maximum Gasteiger partial charge on any atom is 0.237 e. The number of hydrogen-bond donors (Lipinski definition) is 1. The molecule has 3 nitrogen and oxygen atoms in total. The molecule has 0 spiro atoms. The van der Waals surface area contributed by atoms with E-state index in [4.69, 9.17) is 4.74 Å². The number of hydrogen-bond acceptors (Lipinski definition) is 3. The Morgan fingerprint density at radius 1 is 1.33 bits per heavy atom. The maximum absolute atomic E-state index is 5.71. The Morgan fingerprint density at radius 2 is 2.11 bits per heavy atom. The number of pyridine rings is 1. The standard InChI is InChI=1S/C15H24N2O/c1-12(2)18-15-14(9-6-10-16-15)17-11-13-7-4-3-5-8-13/h6,9-10,12-13,17H,3-5,7-8,11H2,1-2H3. The number of rotatable bonds is 5. The van der Waals surface area contributed by atoms with E-state index in [1.807, 2.05) is 26.0 Å². The van der Waals surface area contributed by atoms with E-state index in [9.17, 15) is 0 Å². The molecule has 0 radical (unpaired) electrons. The van der Waals surface area contributed by atoms with Crippen molar-refractivity contribution in [3.63, 3.8) is 0 Å². The Kier molecular flexibility index (Phi) is 4.85. The normalized spacial score (nSPS) is 16.8. The average Bonchev–Trinajstić information content (AvgIpc) is 2.38. The monoisotopic (exact) mass is 248 g/mol. The lowest BCUT2D eigenvalue weighted by atomic mass is 9.89. The largest absolute Gasteiger partial charge is 0.473 e. The first-order valence-corrected chi connectivity index (χ1v) is 7.11. The van der Waals surface area contributed by atoms with Gasteiger partial charge in [-0.15, -0.1) is 0 Å². The molecule has 1 saturated carbocycles. The third-order valence-electron chi connectivity index (χ3n) is 3.42. The maximum atomic E-state index is 5.71. The highest BCUT2D eigenvalue weighted by Gasteiger charge is 2.14. The molecule has 0 aliphatic heterocycles. The molecule has 2 rings (SSSR count). The van der Waals surface area contributed by atoms with Crippen LogP contribution in [0.3, 0.4) is 0 Å². The van der Waals surface area contributed by atoms with Crippen molar-refractivity contribution >= 4 is 5.69 Å². The van der Waals surface area contributed by atoms with E-state index < -0.39 is 0 Å². The Morgan fingerprint density at radius 3 is 2.83 bits per heavy atom. The minimum atomic E-state index is 0.162. The third-order valence-corrected chi connectivity index (χ3v) is 3.42. The highest BCUT2D eigenvalue weighted by atomic mass is 16.5. The van der Waals surface area contributed by atoms with Gasteiger partial charge in [0.05, 0.1) is 11.8 Å². The molecule has 1 aromatic heterocycles. The van der Waals surface area contributed by atoms with Crippen LogP contribution in [0.1, 0.15) is 46.0 Å². The Bertz CT molecular complexity index is 359. The lowest BCUT2D eigenvalue weighted by molar-refractivity contribution is 0.234. The van der Waals surface area contributed by atoms with Crippen molar-refractivity contribution < 1.29 is 4.74 Å². The smallest absolute Gasteiger partial charge is 0.237 e. The van der Waals surface area contributed by atoms with Gasteiger partial charge in [0, 0.05) is 12.7 Å². The summed E-state index contributed by atoms with van der Waals surface area (Å²) < 4.78 is 5.71. The second-order valence-electron chi connectivity index (χ2n) is 5.41. The van der Waals surface area contributed by atoms with Gasteiger partial charge in [0.1, 0.15) is 0 Å². The zero-order valence-electron chi connectivity index (χ0n) is 11.5. The van der Waals surface area contributed by atoms with Gasteiger partial charge in [-0.1, -0.05) is 19.3 Å². The van der Waals surface area contributed by atoms with Crippen molar-refractivity contribution in [1.29, 1.82) is 0 Å². The van der Waals surface area contributed by atoms with Crippen LogP contribution in [-0.2, 0) is 0 Å². The molecule has 0 saturated heterocycles. The van der Waals surface area contributed by atoms with Crippen LogP contribution < -0.4 is 10.1 Å². The van der Waals surface area contributed by atoms with Gasteiger partial charge in [0.25, 0.3) is 0 Å². The van der Waals surface area contributed by atoms with E-state index in [0.717, 1.165) is 24.0 Å². The second-order valence-corrected chi connectivity index (χ2v) is 5.41. The molecule has 18 heavy (non-hydrogen) atoms. The van der Waals surface area contributed by atoms with Gasteiger partial charge in [-0.3, -0.25) is 0 Å². The van der Waals surface area contributed by atoms with Gasteiger partial charge in [0.15, 0.2) is 0 Å². The first-order chi connectivity index (χ1) is 8.75. The zero-order chi connectivity index (χ0) is 12.8. The van der Waals surface area contributed by atoms with E-state index in [1.165, 1.54) is 32.1 Å². The van der Waals surface area contributed by atoms with Crippen LogP contribution in [0.15, 0.2) is 18.3 Å². The van der Waals surface area contributed by atoms with E-state index in [1.54, 1.807) is 6.20 Å². The SMILES string of the molecule is CC(C)Oc1ncccc1NCC1CCCCC1. The quantitative estimate of drug-likeness (QED) is 0.859. The van der Waals surface area contributed by atoms with E-state index in [0.29, 0.717) is 0 Å². The Hall–Kier alpha value is -1.25. The highest BCUT2D eigenvalue weighted by Crippen LogP contribution is 2.26. The van der Waals surface area contributed by atoms with Crippen LogP contribution in [0.4, 0.5) is 5.69 Å². The summed E-state index contributed by atoms with van der Waals surface area (Å²) in [4.78, 5) is 4.30. The number of anilines is 1. The summed E-state index contributed by atoms with van der Waals surface area (Å²) in [6.07, 6.45) is 8.83. The first kappa shape index (κ1) is 13.2. The van der Waals surface area contributed by atoms with Crippen LogP contribution >= 0.6 is 0 Å². The minimum absolute atomic E-state index is 0.162. The number of nitrogens with zero attached hydrogens (tertiary/aromatic N) is 1. The van der Waals surface area contributed by atoms with Gasteiger partial charge < -0.3 is 10.1 Å². The zero-order valence-corrected chi connectivity index (χ0v) is 11.5. The molecule has 1 aromatic rings. The van der Waals surface area contributed by atoms with E-state index in [2.05, 4.69) is 10.3 Å². The molecule has 0 bridgehead atoms. The number of nitrogens with one attached hydrogen (secondary N) is 1. The molecule has 1 N–H and O–H groups in total. The van der Waals surface area contributed by atoms with Crippen molar-refractivity contribution in [2.75, 3.05) is 11.9 Å².